The second-order valence-electron chi connectivity index (χ2n) is 5.37. The zero-order valence-corrected chi connectivity index (χ0v) is 12.8. The summed E-state index contributed by atoms with van der Waals surface area (Å²) in [5.41, 5.74) is 0.121. The van der Waals surface area contributed by atoms with E-state index in [0.29, 0.717) is 24.7 Å². The molecule has 1 atom stereocenters. The Morgan fingerprint density at radius 1 is 1.33 bits per heavy atom. The van der Waals surface area contributed by atoms with E-state index in [1.54, 1.807) is 0 Å². The summed E-state index contributed by atoms with van der Waals surface area (Å²) in [5.74, 6) is -1.55. The van der Waals surface area contributed by atoms with Gasteiger partial charge in [-0.05, 0) is 18.2 Å². The SMILES string of the molecule is O=C(NCc1c(F)cccc1F)c1ccnc(OC2CCOC2)c1. The number of ether oxygens (including phenoxy) is 2. The zero-order chi connectivity index (χ0) is 16.9. The average molecular weight is 334 g/mol. The smallest absolute Gasteiger partial charge is 0.251 e. The fourth-order valence-corrected chi connectivity index (χ4v) is 2.36. The van der Waals surface area contributed by atoms with Crippen LogP contribution in [0.1, 0.15) is 22.3 Å². The van der Waals surface area contributed by atoms with Gasteiger partial charge >= 0.3 is 0 Å². The van der Waals surface area contributed by atoms with Crippen LogP contribution in [-0.4, -0.2) is 30.2 Å². The normalized spacial score (nSPS) is 16.8. The number of carbonyl (C=O) groups excluding carboxylic acids is 1. The molecule has 1 amide bonds. The van der Waals surface area contributed by atoms with Crippen LogP contribution in [-0.2, 0) is 11.3 Å². The minimum absolute atomic E-state index is 0.0803. The molecule has 5 nitrogen and oxygen atoms in total. The number of pyridine rings is 1. The molecule has 7 heteroatoms. The number of nitrogens with zero attached hydrogens (tertiary/aromatic N) is 1. The molecule has 24 heavy (non-hydrogen) atoms. The number of aromatic nitrogens is 1. The average Bonchev–Trinajstić information content (AvgIpc) is 3.07. The van der Waals surface area contributed by atoms with Gasteiger partial charge in [0.2, 0.25) is 5.88 Å². The Balaban J connectivity index is 1.64. The van der Waals surface area contributed by atoms with E-state index in [-0.39, 0.29) is 18.2 Å². The van der Waals surface area contributed by atoms with E-state index in [1.165, 1.54) is 24.4 Å². The number of carbonyl (C=O) groups is 1. The van der Waals surface area contributed by atoms with Crippen molar-refractivity contribution in [2.75, 3.05) is 13.2 Å². The molecule has 0 radical (unpaired) electrons. The molecule has 1 unspecified atom stereocenters. The van der Waals surface area contributed by atoms with Gasteiger partial charge in [0, 0.05) is 36.4 Å². The van der Waals surface area contributed by atoms with E-state index in [9.17, 15) is 13.6 Å². The van der Waals surface area contributed by atoms with Crippen LogP contribution in [0.15, 0.2) is 36.5 Å². The van der Waals surface area contributed by atoms with Crippen molar-refractivity contribution in [2.45, 2.75) is 19.1 Å². The van der Waals surface area contributed by atoms with E-state index in [1.807, 2.05) is 0 Å². The Labute approximate surface area is 137 Å². The topological polar surface area (TPSA) is 60.5 Å². The zero-order valence-electron chi connectivity index (χ0n) is 12.8. The van der Waals surface area contributed by atoms with Gasteiger partial charge in [0.1, 0.15) is 17.7 Å². The number of nitrogens with one attached hydrogen (secondary N) is 1. The largest absolute Gasteiger partial charge is 0.472 e. The summed E-state index contributed by atoms with van der Waals surface area (Å²) in [6.07, 6.45) is 2.14. The quantitative estimate of drug-likeness (QED) is 0.912. The molecule has 1 aliphatic rings. The number of amides is 1. The lowest BCUT2D eigenvalue weighted by Gasteiger charge is -2.12. The third kappa shape index (κ3) is 3.86. The Hall–Kier alpha value is -2.54. The summed E-state index contributed by atoms with van der Waals surface area (Å²) in [4.78, 5) is 16.2. The molecule has 1 aromatic carbocycles. The lowest BCUT2D eigenvalue weighted by molar-refractivity contribution is 0.0948. The van der Waals surface area contributed by atoms with Crippen LogP contribution < -0.4 is 10.1 Å². The van der Waals surface area contributed by atoms with E-state index >= 15 is 0 Å². The molecule has 1 fully saturated rings. The fourth-order valence-electron chi connectivity index (χ4n) is 2.36. The number of rotatable bonds is 5. The van der Waals surface area contributed by atoms with Crippen molar-refractivity contribution < 1.29 is 23.0 Å². The molecule has 0 spiro atoms. The number of halogens is 2. The molecule has 2 heterocycles. The van der Waals surface area contributed by atoms with Crippen molar-refractivity contribution >= 4 is 5.91 Å². The maximum Gasteiger partial charge on any atom is 0.251 e. The van der Waals surface area contributed by atoms with Gasteiger partial charge < -0.3 is 14.8 Å². The van der Waals surface area contributed by atoms with Gasteiger partial charge in [0.05, 0.1) is 13.2 Å². The molecular formula is C17H16F2N2O3. The highest BCUT2D eigenvalue weighted by Gasteiger charge is 2.18. The van der Waals surface area contributed by atoms with Gasteiger partial charge in [0.25, 0.3) is 5.91 Å². The van der Waals surface area contributed by atoms with Crippen LogP contribution in [0.3, 0.4) is 0 Å². The van der Waals surface area contributed by atoms with Gasteiger partial charge in [-0.15, -0.1) is 0 Å². The lowest BCUT2D eigenvalue weighted by Crippen LogP contribution is -2.24. The van der Waals surface area contributed by atoms with Gasteiger partial charge in [-0.1, -0.05) is 6.07 Å². The highest BCUT2D eigenvalue weighted by Crippen LogP contribution is 2.16. The minimum Gasteiger partial charge on any atom is -0.472 e. The predicted octanol–water partition coefficient (Wildman–Crippen LogP) is 2.46. The van der Waals surface area contributed by atoms with Crippen molar-refractivity contribution in [3.8, 4) is 5.88 Å². The third-order valence-electron chi connectivity index (χ3n) is 3.66. The summed E-state index contributed by atoms with van der Waals surface area (Å²) < 4.78 is 38.0. The van der Waals surface area contributed by atoms with Gasteiger partial charge in [0.15, 0.2) is 0 Å². The van der Waals surface area contributed by atoms with Crippen molar-refractivity contribution in [1.82, 2.24) is 10.3 Å². The first kappa shape index (κ1) is 16.3. The number of hydrogen-bond donors (Lipinski definition) is 1. The summed E-state index contributed by atoms with van der Waals surface area (Å²) in [7, 11) is 0. The van der Waals surface area contributed by atoms with Crippen molar-refractivity contribution in [3.63, 3.8) is 0 Å². The fraction of sp³-hybridized carbons (Fsp3) is 0.294. The lowest BCUT2D eigenvalue weighted by atomic mass is 10.2. The highest BCUT2D eigenvalue weighted by molar-refractivity contribution is 5.94. The van der Waals surface area contributed by atoms with Gasteiger partial charge in [-0.25, -0.2) is 13.8 Å². The first-order chi connectivity index (χ1) is 11.6. The molecular weight excluding hydrogens is 318 g/mol. The predicted molar refractivity (Wildman–Crippen MR) is 81.6 cm³/mol. The Morgan fingerprint density at radius 3 is 2.83 bits per heavy atom. The summed E-state index contributed by atoms with van der Waals surface area (Å²) in [6, 6.07) is 6.56. The molecule has 0 saturated carbocycles. The van der Waals surface area contributed by atoms with Crippen LogP contribution in [0.4, 0.5) is 8.78 Å². The second-order valence-corrected chi connectivity index (χ2v) is 5.37. The summed E-state index contributed by atoms with van der Waals surface area (Å²) >= 11 is 0. The minimum atomic E-state index is -0.699. The molecule has 1 N–H and O–H groups in total. The van der Waals surface area contributed by atoms with Gasteiger partial charge in [-0.3, -0.25) is 4.79 Å². The molecule has 2 aromatic rings. The van der Waals surface area contributed by atoms with E-state index in [0.717, 1.165) is 18.6 Å². The summed E-state index contributed by atoms with van der Waals surface area (Å²) in [6.45, 7) is 0.885. The Morgan fingerprint density at radius 2 is 2.12 bits per heavy atom. The Bertz CT molecular complexity index is 713. The first-order valence-electron chi connectivity index (χ1n) is 7.55. The van der Waals surface area contributed by atoms with E-state index < -0.39 is 17.5 Å². The molecule has 1 aliphatic heterocycles. The standard InChI is InChI=1S/C17H16F2N2O3/c18-14-2-1-3-15(19)13(14)9-21-17(22)11-4-6-20-16(8-11)24-12-5-7-23-10-12/h1-4,6,8,12H,5,7,9-10H2,(H,21,22). The molecule has 1 saturated heterocycles. The maximum absolute atomic E-state index is 13.6. The second kappa shape index (κ2) is 7.35. The highest BCUT2D eigenvalue weighted by atomic mass is 19.1. The summed E-state index contributed by atoms with van der Waals surface area (Å²) in [5, 5.41) is 2.49. The van der Waals surface area contributed by atoms with Crippen molar-refractivity contribution in [3.05, 3.63) is 59.3 Å². The molecule has 0 bridgehead atoms. The van der Waals surface area contributed by atoms with E-state index in [4.69, 9.17) is 9.47 Å². The van der Waals surface area contributed by atoms with Crippen LogP contribution >= 0.6 is 0 Å². The van der Waals surface area contributed by atoms with Crippen molar-refractivity contribution in [2.24, 2.45) is 0 Å². The number of hydrogen-bond acceptors (Lipinski definition) is 4. The third-order valence-corrected chi connectivity index (χ3v) is 3.66. The van der Waals surface area contributed by atoms with Crippen LogP contribution in [0, 0.1) is 11.6 Å². The molecule has 126 valence electrons. The van der Waals surface area contributed by atoms with Crippen LogP contribution in [0.2, 0.25) is 0 Å². The van der Waals surface area contributed by atoms with Crippen molar-refractivity contribution in [1.29, 1.82) is 0 Å². The Kier molecular flexibility index (Phi) is 5.00. The number of benzene rings is 1. The first-order valence-corrected chi connectivity index (χ1v) is 7.55. The monoisotopic (exact) mass is 334 g/mol. The van der Waals surface area contributed by atoms with E-state index in [2.05, 4.69) is 10.3 Å². The molecule has 0 aliphatic carbocycles. The molecule has 1 aromatic heterocycles. The molecule has 3 rings (SSSR count). The maximum atomic E-state index is 13.6. The van der Waals surface area contributed by atoms with Gasteiger partial charge in [-0.2, -0.15) is 0 Å². The van der Waals surface area contributed by atoms with Crippen LogP contribution in [0.5, 0.6) is 5.88 Å². The van der Waals surface area contributed by atoms with Crippen LogP contribution in [0.25, 0.3) is 0 Å².